The van der Waals surface area contributed by atoms with Gasteiger partial charge in [0.05, 0.1) is 0 Å². The quantitative estimate of drug-likeness (QED) is 0.711. The van der Waals surface area contributed by atoms with E-state index < -0.39 is 5.43 Å². The van der Waals surface area contributed by atoms with Crippen LogP contribution in [-0.2, 0) is 0 Å². The summed E-state index contributed by atoms with van der Waals surface area (Å²) in [4.78, 5) is 13.5. The van der Waals surface area contributed by atoms with E-state index in [0.717, 1.165) is 10.9 Å². The zero-order valence-electron chi connectivity index (χ0n) is 6.58. The summed E-state index contributed by atoms with van der Waals surface area (Å²) < 4.78 is 4.79. The molecular formula is C9H6ClNO2. The zero-order chi connectivity index (χ0) is 9.26. The highest BCUT2D eigenvalue weighted by molar-refractivity contribution is 6.61. The van der Waals surface area contributed by atoms with E-state index >= 15 is 0 Å². The van der Waals surface area contributed by atoms with E-state index in [9.17, 15) is 4.79 Å². The van der Waals surface area contributed by atoms with Gasteiger partial charge in [0.1, 0.15) is 5.75 Å². The summed E-state index contributed by atoms with van der Waals surface area (Å²) in [5.41, 5.74) is 0.0871. The van der Waals surface area contributed by atoms with Gasteiger partial charge in [-0.3, -0.25) is 0 Å². The third-order valence-electron chi connectivity index (χ3n) is 1.75. The summed E-state index contributed by atoms with van der Waals surface area (Å²) in [5, 5.41) is 0.844. The van der Waals surface area contributed by atoms with Gasteiger partial charge in [0.25, 0.3) is 0 Å². The molecule has 0 aliphatic heterocycles. The van der Waals surface area contributed by atoms with Crippen LogP contribution < -0.4 is 4.74 Å². The number of aromatic nitrogens is 1. The van der Waals surface area contributed by atoms with Gasteiger partial charge in [0, 0.05) is 28.7 Å². The molecule has 0 amide bonds. The summed E-state index contributed by atoms with van der Waals surface area (Å²) in [7, 11) is 0. The molecule has 0 atom stereocenters. The van der Waals surface area contributed by atoms with Gasteiger partial charge in [-0.25, -0.2) is 4.79 Å². The predicted molar refractivity (Wildman–Crippen MR) is 50.2 cm³/mol. The molecule has 0 unspecified atom stereocenters. The number of rotatable bonds is 1. The van der Waals surface area contributed by atoms with Crippen molar-refractivity contribution >= 4 is 27.9 Å². The average molecular weight is 196 g/mol. The molecule has 3 nitrogen and oxygen atoms in total. The minimum Gasteiger partial charge on any atom is -0.414 e. The van der Waals surface area contributed by atoms with Crippen LogP contribution in [0.4, 0.5) is 4.79 Å². The number of fused-ring (bicyclic) bond motifs is 1. The molecule has 1 aromatic heterocycles. The molecule has 0 aliphatic carbocycles. The Bertz CT molecular complexity index is 450. The first-order chi connectivity index (χ1) is 6.27. The number of H-pyrrole nitrogens is 1. The van der Waals surface area contributed by atoms with Gasteiger partial charge in [0.2, 0.25) is 0 Å². The third kappa shape index (κ3) is 1.51. The highest BCUT2D eigenvalue weighted by Crippen LogP contribution is 2.24. The molecule has 2 rings (SSSR count). The highest BCUT2D eigenvalue weighted by atomic mass is 35.5. The van der Waals surface area contributed by atoms with Crippen molar-refractivity contribution in [1.29, 1.82) is 0 Å². The second kappa shape index (κ2) is 3.11. The van der Waals surface area contributed by atoms with Crippen molar-refractivity contribution in [1.82, 2.24) is 4.98 Å². The van der Waals surface area contributed by atoms with Crippen LogP contribution in [0, 0.1) is 0 Å². The third-order valence-corrected chi connectivity index (χ3v) is 1.82. The predicted octanol–water partition coefficient (Wildman–Crippen LogP) is 2.91. The van der Waals surface area contributed by atoms with Crippen LogP contribution in [0.25, 0.3) is 10.9 Å². The maximum absolute atomic E-state index is 10.5. The summed E-state index contributed by atoms with van der Waals surface area (Å²) in [6.07, 6.45) is 1.77. The summed E-state index contributed by atoms with van der Waals surface area (Å²) in [5.74, 6) is 0.471. The van der Waals surface area contributed by atoms with E-state index in [-0.39, 0.29) is 0 Å². The normalized spacial score (nSPS) is 10.2. The molecule has 0 bridgehead atoms. The molecule has 1 N–H and O–H groups in total. The van der Waals surface area contributed by atoms with Crippen LogP contribution >= 0.6 is 11.6 Å². The van der Waals surface area contributed by atoms with Crippen LogP contribution in [0.1, 0.15) is 0 Å². The van der Waals surface area contributed by atoms with Gasteiger partial charge in [0.15, 0.2) is 0 Å². The maximum Gasteiger partial charge on any atom is 0.409 e. The molecule has 66 valence electrons. The Kier molecular flexibility index (Phi) is 1.94. The number of ether oxygens (including phenoxy) is 1. The first-order valence-corrected chi connectivity index (χ1v) is 4.08. The highest BCUT2D eigenvalue weighted by Gasteiger charge is 2.04. The van der Waals surface area contributed by atoms with Crippen molar-refractivity contribution in [2.75, 3.05) is 0 Å². The van der Waals surface area contributed by atoms with Gasteiger partial charge < -0.3 is 9.72 Å². The Morgan fingerprint density at radius 2 is 2.23 bits per heavy atom. The smallest absolute Gasteiger partial charge is 0.409 e. The van der Waals surface area contributed by atoms with Crippen LogP contribution in [0.15, 0.2) is 30.5 Å². The first-order valence-electron chi connectivity index (χ1n) is 3.71. The molecule has 13 heavy (non-hydrogen) atoms. The Labute approximate surface area is 79.3 Å². The van der Waals surface area contributed by atoms with Crippen molar-refractivity contribution in [3.8, 4) is 5.75 Å². The minimum absolute atomic E-state index is 0.471. The van der Waals surface area contributed by atoms with Crippen molar-refractivity contribution in [2.45, 2.75) is 0 Å². The topological polar surface area (TPSA) is 42.1 Å². The van der Waals surface area contributed by atoms with E-state index in [1.54, 1.807) is 18.3 Å². The lowest BCUT2D eigenvalue weighted by Gasteiger charge is -2.00. The number of hydrogen-bond acceptors (Lipinski definition) is 2. The number of carbonyl (C=O) groups excluding carboxylic acids is 1. The molecule has 0 aliphatic rings. The van der Waals surface area contributed by atoms with Crippen molar-refractivity contribution in [3.05, 3.63) is 30.5 Å². The Morgan fingerprint density at radius 3 is 3.00 bits per heavy atom. The number of hydrogen-bond donors (Lipinski definition) is 1. The fourth-order valence-electron chi connectivity index (χ4n) is 1.23. The van der Waals surface area contributed by atoms with Gasteiger partial charge >= 0.3 is 5.43 Å². The lowest BCUT2D eigenvalue weighted by Crippen LogP contribution is -1.95. The van der Waals surface area contributed by atoms with E-state index in [1.807, 2.05) is 12.1 Å². The molecule has 0 saturated heterocycles. The van der Waals surface area contributed by atoms with E-state index in [1.165, 1.54) is 0 Å². The fraction of sp³-hybridized carbons (Fsp3) is 0. The largest absolute Gasteiger partial charge is 0.414 e. The van der Waals surface area contributed by atoms with Gasteiger partial charge in [-0.1, -0.05) is 6.07 Å². The van der Waals surface area contributed by atoms with E-state index in [2.05, 4.69) is 4.98 Å². The number of carbonyl (C=O) groups is 1. The Balaban J connectivity index is 2.54. The van der Waals surface area contributed by atoms with Crippen LogP contribution in [0.3, 0.4) is 0 Å². The minimum atomic E-state index is -0.825. The number of benzene rings is 1. The lowest BCUT2D eigenvalue weighted by atomic mass is 10.2. The second-order valence-electron chi connectivity index (χ2n) is 2.53. The molecule has 1 heterocycles. The SMILES string of the molecule is O=C(Cl)Oc1cccc2[nH]ccc12. The second-order valence-corrected chi connectivity index (χ2v) is 2.84. The summed E-state index contributed by atoms with van der Waals surface area (Å²) >= 11 is 5.11. The maximum atomic E-state index is 10.5. The van der Waals surface area contributed by atoms with Crippen LogP contribution in [0.5, 0.6) is 5.75 Å². The number of nitrogens with one attached hydrogen (secondary N) is 1. The number of aromatic amines is 1. The molecule has 2 aromatic rings. The van der Waals surface area contributed by atoms with Gasteiger partial charge in [-0.15, -0.1) is 0 Å². The molecular weight excluding hydrogens is 190 g/mol. The average Bonchev–Trinajstić information content (AvgIpc) is 2.51. The van der Waals surface area contributed by atoms with Crippen LogP contribution in [-0.4, -0.2) is 10.4 Å². The standard InChI is InChI=1S/C9H6ClNO2/c10-9(12)13-8-3-1-2-7-6(8)4-5-11-7/h1-5,11H. The molecule has 0 spiro atoms. The lowest BCUT2D eigenvalue weighted by molar-refractivity contribution is 0.226. The summed E-state index contributed by atoms with van der Waals surface area (Å²) in [6.45, 7) is 0. The van der Waals surface area contributed by atoms with Crippen LogP contribution in [0.2, 0.25) is 0 Å². The van der Waals surface area contributed by atoms with Crippen molar-refractivity contribution in [3.63, 3.8) is 0 Å². The molecule has 1 aromatic carbocycles. The number of halogens is 1. The monoisotopic (exact) mass is 195 g/mol. The van der Waals surface area contributed by atoms with Gasteiger partial charge in [-0.05, 0) is 18.2 Å². The molecule has 0 fully saturated rings. The summed E-state index contributed by atoms with van der Waals surface area (Å²) in [6, 6.07) is 7.19. The Hall–Kier alpha value is -1.48. The first kappa shape index (κ1) is 8.13. The van der Waals surface area contributed by atoms with E-state index in [4.69, 9.17) is 16.3 Å². The van der Waals surface area contributed by atoms with Gasteiger partial charge in [-0.2, -0.15) is 0 Å². The zero-order valence-corrected chi connectivity index (χ0v) is 7.34. The fourth-order valence-corrected chi connectivity index (χ4v) is 1.32. The van der Waals surface area contributed by atoms with E-state index in [0.29, 0.717) is 5.75 Å². The van der Waals surface area contributed by atoms with Crippen molar-refractivity contribution in [2.24, 2.45) is 0 Å². The molecule has 0 radical (unpaired) electrons. The van der Waals surface area contributed by atoms with Crippen molar-refractivity contribution < 1.29 is 9.53 Å². The Morgan fingerprint density at radius 1 is 1.38 bits per heavy atom. The molecule has 4 heteroatoms. The molecule has 0 saturated carbocycles.